The summed E-state index contributed by atoms with van der Waals surface area (Å²) in [5, 5.41) is 9.26. The third kappa shape index (κ3) is 2.87. The Balaban J connectivity index is 1.92. The van der Waals surface area contributed by atoms with Crippen LogP contribution in [0.4, 0.5) is 4.79 Å². The number of aliphatic carboxylic acids is 1. The average Bonchev–Trinajstić information content (AvgIpc) is 2.96. The molecule has 3 rings (SSSR count). The zero-order valence-electron chi connectivity index (χ0n) is 12.4. The molecule has 0 atom stereocenters. The van der Waals surface area contributed by atoms with Gasteiger partial charge in [0.2, 0.25) is 0 Å². The number of nitrogens with zero attached hydrogens (tertiary/aromatic N) is 2. The molecule has 23 heavy (non-hydrogen) atoms. The highest BCUT2D eigenvalue weighted by atomic mass is 32.2. The molecule has 1 aliphatic rings. The second-order valence-corrected chi connectivity index (χ2v) is 6.18. The van der Waals surface area contributed by atoms with Gasteiger partial charge in [0, 0.05) is 36.3 Å². The first-order valence-corrected chi connectivity index (χ1v) is 7.80. The van der Waals surface area contributed by atoms with Crippen molar-refractivity contribution in [3.63, 3.8) is 0 Å². The molecule has 0 saturated carbocycles. The van der Waals surface area contributed by atoms with Crippen molar-refractivity contribution in [2.24, 2.45) is 7.05 Å². The molecule has 1 aliphatic heterocycles. The Morgan fingerprint density at radius 2 is 2.04 bits per heavy atom. The zero-order valence-corrected chi connectivity index (χ0v) is 13.2. The normalized spacial score (nSPS) is 16.7. The Morgan fingerprint density at radius 3 is 2.78 bits per heavy atom. The largest absolute Gasteiger partial charge is 0.481 e. The van der Waals surface area contributed by atoms with Crippen LogP contribution in [0.25, 0.3) is 17.0 Å². The van der Waals surface area contributed by atoms with Crippen LogP contribution in [0.3, 0.4) is 0 Å². The number of thioether (sulfide) groups is 1. The molecule has 2 amide bonds. The standard InChI is InChI=1S/C16H14N2O4S/c1-17-9-10(11-4-2-3-5-12(11)17)8-13-15(21)18(16(22)23-13)7-6-14(19)20/h2-5,8-9H,6-7H2,1H3,(H,19,20). The lowest BCUT2D eigenvalue weighted by Crippen LogP contribution is -2.30. The maximum absolute atomic E-state index is 12.3. The van der Waals surface area contributed by atoms with Gasteiger partial charge in [0.25, 0.3) is 11.1 Å². The highest BCUT2D eigenvalue weighted by Gasteiger charge is 2.35. The number of fused-ring (bicyclic) bond motifs is 1. The maximum Gasteiger partial charge on any atom is 0.305 e. The number of aryl methyl sites for hydroxylation is 1. The van der Waals surface area contributed by atoms with Crippen LogP contribution in [0.1, 0.15) is 12.0 Å². The fourth-order valence-corrected chi connectivity index (χ4v) is 3.39. The fraction of sp³-hybridized carbons (Fsp3) is 0.188. The lowest BCUT2D eigenvalue weighted by atomic mass is 10.1. The monoisotopic (exact) mass is 330 g/mol. The highest BCUT2D eigenvalue weighted by Crippen LogP contribution is 2.33. The molecular formula is C16H14N2O4S. The summed E-state index contributed by atoms with van der Waals surface area (Å²) in [5.41, 5.74) is 1.88. The summed E-state index contributed by atoms with van der Waals surface area (Å²) in [6.07, 6.45) is 3.34. The first kappa shape index (κ1) is 15.4. The van der Waals surface area contributed by atoms with Gasteiger partial charge in [-0.2, -0.15) is 0 Å². The molecule has 0 aliphatic carbocycles. The van der Waals surface area contributed by atoms with Crippen molar-refractivity contribution in [1.29, 1.82) is 0 Å². The van der Waals surface area contributed by atoms with Gasteiger partial charge in [-0.25, -0.2) is 0 Å². The number of hydrogen-bond acceptors (Lipinski definition) is 4. The topological polar surface area (TPSA) is 79.6 Å². The van der Waals surface area contributed by atoms with Crippen LogP contribution in [-0.4, -0.2) is 38.2 Å². The summed E-state index contributed by atoms with van der Waals surface area (Å²) in [7, 11) is 1.91. The number of hydrogen-bond donors (Lipinski definition) is 1. The Labute approximate surface area is 136 Å². The fourth-order valence-electron chi connectivity index (χ4n) is 2.53. The van der Waals surface area contributed by atoms with E-state index in [1.807, 2.05) is 42.1 Å². The quantitative estimate of drug-likeness (QED) is 0.872. The molecule has 1 aromatic heterocycles. The number of rotatable bonds is 4. The van der Waals surface area contributed by atoms with E-state index in [0.29, 0.717) is 4.91 Å². The van der Waals surface area contributed by atoms with Crippen LogP contribution in [-0.2, 0) is 16.6 Å². The lowest BCUT2D eigenvalue weighted by Gasteiger charge is -2.09. The number of carboxylic acid groups (broad SMARTS) is 1. The summed E-state index contributed by atoms with van der Waals surface area (Å²) < 4.78 is 1.95. The van der Waals surface area contributed by atoms with Gasteiger partial charge in [-0.1, -0.05) is 18.2 Å². The lowest BCUT2D eigenvalue weighted by molar-refractivity contribution is -0.137. The minimum absolute atomic E-state index is 0.104. The van der Waals surface area contributed by atoms with Gasteiger partial charge in [0.1, 0.15) is 0 Å². The van der Waals surface area contributed by atoms with Crippen LogP contribution in [0.2, 0.25) is 0 Å². The predicted molar refractivity (Wildman–Crippen MR) is 87.8 cm³/mol. The van der Waals surface area contributed by atoms with Crippen LogP contribution < -0.4 is 0 Å². The van der Waals surface area contributed by atoms with Gasteiger partial charge >= 0.3 is 5.97 Å². The minimum atomic E-state index is -1.04. The van der Waals surface area contributed by atoms with E-state index >= 15 is 0 Å². The maximum atomic E-state index is 12.3. The van der Waals surface area contributed by atoms with Gasteiger partial charge in [0.15, 0.2) is 0 Å². The van der Waals surface area contributed by atoms with Crippen molar-refractivity contribution in [2.45, 2.75) is 6.42 Å². The molecule has 1 fully saturated rings. The van der Waals surface area contributed by atoms with E-state index in [-0.39, 0.29) is 13.0 Å². The van der Waals surface area contributed by atoms with Gasteiger partial charge in [-0.15, -0.1) is 0 Å². The Bertz CT molecular complexity index is 853. The molecule has 0 bridgehead atoms. The van der Waals surface area contributed by atoms with Crippen molar-refractivity contribution in [1.82, 2.24) is 9.47 Å². The SMILES string of the molecule is Cn1cc(C=C2SC(=O)N(CCC(=O)O)C2=O)c2ccccc21. The summed E-state index contributed by atoms with van der Waals surface area (Å²) >= 11 is 0.842. The third-order valence-electron chi connectivity index (χ3n) is 3.64. The van der Waals surface area contributed by atoms with Crippen LogP contribution in [0.5, 0.6) is 0 Å². The van der Waals surface area contributed by atoms with Gasteiger partial charge in [-0.05, 0) is 23.9 Å². The molecule has 0 spiro atoms. The molecule has 2 heterocycles. The Morgan fingerprint density at radius 1 is 1.30 bits per heavy atom. The highest BCUT2D eigenvalue weighted by molar-refractivity contribution is 8.18. The number of carboxylic acids is 1. The van der Waals surface area contributed by atoms with Gasteiger partial charge in [0.05, 0.1) is 11.3 Å². The number of carbonyl (C=O) groups is 3. The molecule has 7 heteroatoms. The molecule has 0 radical (unpaired) electrons. The zero-order chi connectivity index (χ0) is 16.6. The smallest absolute Gasteiger partial charge is 0.305 e. The molecular weight excluding hydrogens is 316 g/mol. The van der Waals surface area contributed by atoms with Crippen molar-refractivity contribution in [2.75, 3.05) is 6.54 Å². The second kappa shape index (κ2) is 5.92. The molecule has 0 unspecified atom stereocenters. The number of aromatic nitrogens is 1. The summed E-state index contributed by atoms with van der Waals surface area (Å²) in [5.74, 6) is -1.48. The number of benzene rings is 1. The van der Waals surface area contributed by atoms with Crippen molar-refractivity contribution in [3.8, 4) is 0 Å². The van der Waals surface area contributed by atoms with E-state index in [1.165, 1.54) is 0 Å². The van der Waals surface area contributed by atoms with Crippen molar-refractivity contribution in [3.05, 3.63) is 40.9 Å². The Hall–Kier alpha value is -2.54. The molecule has 1 N–H and O–H groups in total. The number of para-hydroxylation sites is 1. The number of carbonyl (C=O) groups excluding carboxylic acids is 2. The number of imide groups is 1. The van der Waals surface area contributed by atoms with Gasteiger partial charge in [-0.3, -0.25) is 19.3 Å². The van der Waals surface area contributed by atoms with E-state index in [9.17, 15) is 14.4 Å². The van der Waals surface area contributed by atoms with Crippen LogP contribution >= 0.6 is 11.8 Å². The Kier molecular flexibility index (Phi) is 3.96. The van der Waals surface area contributed by atoms with E-state index in [0.717, 1.165) is 33.1 Å². The van der Waals surface area contributed by atoms with E-state index in [4.69, 9.17) is 5.11 Å². The molecule has 1 saturated heterocycles. The first-order chi connectivity index (χ1) is 11.0. The second-order valence-electron chi connectivity index (χ2n) is 5.19. The average molecular weight is 330 g/mol. The number of amides is 2. The van der Waals surface area contributed by atoms with Crippen molar-refractivity contribution >= 4 is 45.9 Å². The molecule has 2 aromatic rings. The van der Waals surface area contributed by atoms with Crippen LogP contribution in [0, 0.1) is 0 Å². The van der Waals surface area contributed by atoms with E-state index < -0.39 is 17.1 Å². The third-order valence-corrected chi connectivity index (χ3v) is 4.54. The minimum Gasteiger partial charge on any atom is -0.481 e. The summed E-state index contributed by atoms with van der Waals surface area (Å²) in [6.45, 7) is -0.104. The predicted octanol–water partition coefficient (Wildman–Crippen LogP) is 2.69. The summed E-state index contributed by atoms with van der Waals surface area (Å²) in [4.78, 5) is 36.1. The molecule has 6 nitrogen and oxygen atoms in total. The van der Waals surface area contributed by atoms with Crippen molar-refractivity contribution < 1.29 is 19.5 Å². The van der Waals surface area contributed by atoms with E-state index in [2.05, 4.69) is 0 Å². The molecule has 118 valence electrons. The summed E-state index contributed by atoms with van der Waals surface area (Å²) in [6, 6.07) is 7.78. The van der Waals surface area contributed by atoms with Gasteiger partial charge < -0.3 is 9.67 Å². The van der Waals surface area contributed by atoms with Crippen LogP contribution in [0.15, 0.2) is 35.4 Å². The molecule has 1 aromatic carbocycles. The first-order valence-electron chi connectivity index (χ1n) is 6.98. The van der Waals surface area contributed by atoms with E-state index in [1.54, 1.807) is 6.08 Å².